The van der Waals surface area contributed by atoms with E-state index in [1.807, 2.05) is 26.2 Å². The molecule has 0 bridgehead atoms. The summed E-state index contributed by atoms with van der Waals surface area (Å²) in [5, 5.41) is 12.5. The standard InChI is InChI=1S/C12H18N6/c1-4-11-10(5-8(2)16-17-11)12(15-13)9-6-14-18(3)7-9/h5-7,12,15H,4,13H2,1-3H3. The van der Waals surface area contributed by atoms with Gasteiger partial charge >= 0.3 is 0 Å². The maximum absolute atomic E-state index is 5.68. The Bertz CT molecular complexity index is 533. The van der Waals surface area contributed by atoms with Crippen LogP contribution < -0.4 is 11.3 Å². The molecule has 2 rings (SSSR count). The lowest BCUT2D eigenvalue weighted by Gasteiger charge is -2.17. The Morgan fingerprint density at radius 2 is 2.22 bits per heavy atom. The average Bonchev–Trinajstić information content (AvgIpc) is 2.77. The van der Waals surface area contributed by atoms with Gasteiger partial charge in [-0.05, 0) is 19.4 Å². The molecule has 18 heavy (non-hydrogen) atoms. The molecular weight excluding hydrogens is 228 g/mol. The van der Waals surface area contributed by atoms with Crippen LogP contribution in [0.15, 0.2) is 18.5 Å². The van der Waals surface area contributed by atoms with Gasteiger partial charge in [0, 0.05) is 24.4 Å². The molecule has 0 saturated carbocycles. The maximum Gasteiger partial charge on any atom is 0.0759 e. The van der Waals surface area contributed by atoms with Crippen LogP contribution in [0.5, 0.6) is 0 Å². The van der Waals surface area contributed by atoms with Gasteiger partial charge in [-0.2, -0.15) is 15.3 Å². The van der Waals surface area contributed by atoms with Crippen LogP contribution in [0.3, 0.4) is 0 Å². The number of aromatic nitrogens is 4. The fourth-order valence-corrected chi connectivity index (χ4v) is 2.01. The zero-order valence-electron chi connectivity index (χ0n) is 10.9. The van der Waals surface area contributed by atoms with Crippen molar-refractivity contribution in [3.63, 3.8) is 0 Å². The molecule has 3 N–H and O–H groups in total. The average molecular weight is 246 g/mol. The van der Waals surface area contributed by atoms with Crippen molar-refractivity contribution >= 4 is 0 Å². The van der Waals surface area contributed by atoms with E-state index in [2.05, 4.69) is 27.6 Å². The lowest BCUT2D eigenvalue weighted by atomic mass is 9.99. The first-order valence-electron chi connectivity index (χ1n) is 5.93. The summed E-state index contributed by atoms with van der Waals surface area (Å²) < 4.78 is 1.76. The third kappa shape index (κ3) is 2.39. The van der Waals surface area contributed by atoms with Crippen molar-refractivity contribution in [3.8, 4) is 0 Å². The molecule has 0 spiro atoms. The Labute approximate surface area is 106 Å². The second-order valence-electron chi connectivity index (χ2n) is 4.29. The van der Waals surface area contributed by atoms with E-state index in [4.69, 9.17) is 5.84 Å². The molecule has 0 radical (unpaired) electrons. The Kier molecular flexibility index (Phi) is 3.69. The molecule has 0 aliphatic carbocycles. The molecule has 0 amide bonds. The van der Waals surface area contributed by atoms with Crippen molar-refractivity contribution in [1.82, 2.24) is 25.4 Å². The summed E-state index contributed by atoms with van der Waals surface area (Å²) in [6.45, 7) is 3.98. The minimum atomic E-state index is -0.108. The van der Waals surface area contributed by atoms with E-state index in [-0.39, 0.29) is 6.04 Å². The van der Waals surface area contributed by atoms with Crippen LogP contribution in [0.25, 0.3) is 0 Å². The number of hydrogen-bond donors (Lipinski definition) is 2. The molecule has 0 fully saturated rings. The molecule has 6 nitrogen and oxygen atoms in total. The zero-order valence-corrected chi connectivity index (χ0v) is 10.9. The van der Waals surface area contributed by atoms with Crippen LogP contribution in [-0.2, 0) is 13.5 Å². The SMILES string of the molecule is CCc1nnc(C)cc1C(NN)c1cnn(C)c1. The third-order valence-corrected chi connectivity index (χ3v) is 2.90. The van der Waals surface area contributed by atoms with Gasteiger partial charge in [-0.1, -0.05) is 6.92 Å². The van der Waals surface area contributed by atoms with Gasteiger partial charge in [0.25, 0.3) is 0 Å². The zero-order chi connectivity index (χ0) is 13.1. The highest BCUT2D eigenvalue weighted by atomic mass is 15.3. The number of nitrogens with one attached hydrogen (secondary N) is 1. The first kappa shape index (κ1) is 12.7. The van der Waals surface area contributed by atoms with E-state index in [1.165, 1.54) is 0 Å². The number of aryl methyl sites for hydroxylation is 3. The second kappa shape index (κ2) is 5.24. The Morgan fingerprint density at radius 3 is 2.78 bits per heavy atom. The second-order valence-corrected chi connectivity index (χ2v) is 4.29. The number of hydrazine groups is 1. The van der Waals surface area contributed by atoms with Crippen LogP contribution in [-0.4, -0.2) is 20.0 Å². The Balaban J connectivity index is 2.47. The summed E-state index contributed by atoms with van der Waals surface area (Å²) in [7, 11) is 1.88. The minimum absolute atomic E-state index is 0.108. The molecule has 1 atom stereocenters. The molecule has 2 aromatic rings. The van der Waals surface area contributed by atoms with Crippen molar-refractivity contribution in [2.75, 3.05) is 0 Å². The van der Waals surface area contributed by atoms with Crippen molar-refractivity contribution in [2.45, 2.75) is 26.3 Å². The van der Waals surface area contributed by atoms with E-state index in [9.17, 15) is 0 Å². The molecule has 0 aromatic carbocycles. The summed E-state index contributed by atoms with van der Waals surface area (Å²) in [5.41, 5.74) is 6.73. The van der Waals surface area contributed by atoms with Crippen LogP contribution >= 0.6 is 0 Å². The molecule has 0 saturated heterocycles. The van der Waals surface area contributed by atoms with Crippen LogP contribution in [0.1, 0.15) is 35.5 Å². The van der Waals surface area contributed by atoms with Crippen molar-refractivity contribution in [2.24, 2.45) is 12.9 Å². The molecule has 96 valence electrons. The van der Waals surface area contributed by atoms with Gasteiger partial charge in [0.15, 0.2) is 0 Å². The summed E-state index contributed by atoms with van der Waals surface area (Å²) in [5.74, 6) is 5.68. The lowest BCUT2D eigenvalue weighted by molar-refractivity contribution is 0.621. The number of rotatable bonds is 4. The van der Waals surface area contributed by atoms with Gasteiger partial charge in [-0.3, -0.25) is 10.5 Å². The van der Waals surface area contributed by atoms with E-state index >= 15 is 0 Å². The fourth-order valence-electron chi connectivity index (χ4n) is 2.01. The molecule has 2 heterocycles. The number of nitrogens with two attached hydrogens (primary N) is 1. The monoisotopic (exact) mass is 246 g/mol. The third-order valence-electron chi connectivity index (χ3n) is 2.90. The first-order valence-corrected chi connectivity index (χ1v) is 5.93. The highest BCUT2D eigenvalue weighted by Gasteiger charge is 2.18. The van der Waals surface area contributed by atoms with Gasteiger partial charge in [0.2, 0.25) is 0 Å². The van der Waals surface area contributed by atoms with Crippen molar-refractivity contribution < 1.29 is 0 Å². The Morgan fingerprint density at radius 1 is 1.44 bits per heavy atom. The van der Waals surface area contributed by atoms with Gasteiger partial charge in [0.1, 0.15) is 0 Å². The minimum Gasteiger partial charge on any atom is -0.275 e. The molecule has 2 aromatic heterocycles. The molecular formula is C12H18N6. The number of hydrogen-bond acceptors (Lipinski definition) is 5. The predicted octanol–water partition coefficient (Wildman–Crippen LogP) is 0.634. The topological polar surface area (TPSA) is 81.7 Å². The summed E-state index contributed by atoms with van der Waals surface area (Å²) in [6, 6.07) is 1.91. The van der Waals surface area contributed by atoms with E-state index in [1.54, 1.807) is 10.9 Å². The highest BCUT2D eigenvalue weighted by Crippen LogP contribution is 2.23. The normalized spacial score (nSPS) is 12.7. The van der Waals surface area contributed by atoms with E-state index < -0.39 is 0 Å². The van der Waals surface area contributed by atoms with Gasteiger partial charge in [-0.25, -0.2) is 5.43 Å². The predicted molar refractivity (Wildman–Crippen MR) is 68.5 cm³/mol. The molecule has 6 heteroatoms. The fraction of sp³-hybridized carbons (Fsp3) is 0.417. The van der Waals surface area contributed by atoms with Crippen molar-refractivity contribution in [1.29, 1.82) is 0 Å². The van der Waals surface area contributed by atoms with Gasteiger partial charge < -0.3 is 0 Å². The van der Waals surface area contributed by atoms with Crippen LogP contribution in [0.2, 0.25) is 0 Å². The Hall–Kier alpha value is -1.79. The largest absolute Gasteiger partial charge is 0.275 e. The lowest BCUT2D eigenvalue weighted by Crippen LogP contribution is -2.30. The summed E-state index contributed by atoms with van der Waals surface area (Å²) in [4.78, 5) is 0. The van der Waals surface area contributed by atoms with E-state index in [0.717, 1.165) is 28.9 Å². The first-order chi connectivity index (χ1) is 8.65. The summed E-state index contributed by atoms with van der Waals surface area (Å²) >= 11 is 0. The molecule has 1 unspecified atom stereocenters. The van der Waals surface area contributed by atoms with E-state index in [0.29, 0.717) is 0 Å². The maximum atomic E-state index is 5.68. The number of nitrogens with zero attached hydrogens (tertiary/aromatic N) is 4. The van der Waals surface area contributed by atoms with Crippen LogP contribution in [0, 0.1) is 6.92 Å². The highest BCUT2D eigenvalue weighted by molar-refractivity contribution is 5.32. The molecule has 0 aliphatic rings. The van der Waals surface area contributed by atoms with Crippen molar-refractivity contribution in [3.05, 3.63) is 41.0 Å². The smallest absolute Gasteiger partial charge is 0.0759 e. The quantitative estimate of drug-likeness (QED) is 0.611. The van der Waals surface area contributed by atoms with Gasteiger partial charge in [0.05, 0.1) is 23.6 Å². The molecule has 0 aliphatic heterocycles. The van der Waals surface area contributed by atoms with Gasteiger partial charge in [-0.15, -0.1) is 0 Å². The van der Waals surface area contributed by atoms with Crippen LogP contribution in [0.4, 0.5) is 0 Å². The summed E-state index contributed by atoms with van der Waals surface area (Å²) in [6.07, 6.45) is 4.57.